The van der Waals surface area contributed by atoms with Gasteiger partial charge in [-0.25, -0.2) is 0 Å². The molecule has 8 heteroatoms. The average Bonchev–Trinajstić information content (AvgIpc) is 3.55. The second kappa shape index (κ2) is 12.4. The number of hydrogen-bond donors (Lipinski definition) is 1. The molecule has 40 heavy (non-hydrogen) atoms. The first-order valence-electron chi connectivity index (χ1n) is 13.7. The predicted molar refractivity (Wildman–Crippen MR) is 159 cm³/mol. The van der Waals surface area contributed by atoms with Gasteiger partial charge >= 0.3 is 0 Å². The number of anilines is 1. The van der Waals surface area contributed by atoms with E-state index in [9.17, 15) is 4.79 Å². The van der Waals surface area contributed by atoms with Crippen molar-refractivity contribution in [3.05, 3.63) is 95.2 Å². The number of para-hydroxylation sites is 3. The third kappa shape index (κ3) is 6.41. The van der Waals surface area contributed by atoms with Gasteiger partial charge in [0, 0.05) is 44.0 Å². The third-order valence-electron chi connectivity index (χ3n) is 7.26. The van der Waals surface area contributed by atoms with Gasteiger partial charge in [-0.15, -0.1) is 0 Å². The number of benzene rings is 3. The summed E-state index contributed by atoms with van der Waals surface area (Å²) in [7, 11) is 0. The van der Waals surface area contributed by atoms with Gasteiger partial charge in [0.15, 0.2) is 18.1 Å². The number of carbonyl (C=O) groups is 1. The zero-order valence-corrected chi connectivity index (χ0v) is 23.1. The van der Waals surface area contributed by atoms with E-state index in [1.807, 2.05) is 30.3 Å². The van der Waals surface area contributed by atoms with Crippen molar-refractivity contribution in [1.29, 1.82) is 0 Å². The maximum absolute atomic E-state index is 12.7. The smallest absolute Gasteiger partial charge is 0.258 e. The second-order valence-corrected chi connectivity index (χ2v) is 10.8. The first-order chi connectivity index (χ1) is 19.7. The Balaban J connectivity index is 1.06. The Morgan fingerprint density at radius 2 is 1.73 bits per heavy atom. The Morgan fingerprint density at radius 1 is 0.925 bits per heavy atom. The van der Waals surface area contributed by atoms with E-state index in [1.54, 1.807) is 11.3 Å². The lowest BCUT2D eigenvalue weighted by Gasteiger charge is -2.36. The molecule has 0 aliphatic carbocycles. The zero-order chi connectivity index (χ0) is 27.1. The highest BCUT2D eigenvalue weighted by molar-refractivity contribution is 7.08. The fraction of sp³-hybridized carbons (Fsp3) is 0.281. The van der Waals surface area contributed by atoms with Crippen molar-refractivity contribution >= 4 is 22.9 Å². The summed E-state index contributed by atoms with van der Waals surface area (Å²) in [4.78, 5) is 17.6. The highest BCUT2D eigenvalue weighted by Gasteiger charge is 2.22. The molecule has 1 unspecified atom stereocenters. The van der Waals surface area contributed by atoms with Gasteiger partial charge in [0.25, 0.3) is 5.91 Å². The van der Waals surface area contributed by atoms with Crippen molar-refractivity contribution in [2.75, 3.05) is 50.8 Å². The molecule has 1 atom stereocenters. The minimum absolute atomic E-state index is 0.0588. The van der Waals surface area contributed by atoms with E-state index in [2.05, 4.69) is 74.4 Å². The highest BCUT2D eigenvalue weighted by atomic mass is 32.1. The lowest BCUT2D eigenvalue weighted by molar-refractivity contribution is -0.123. The van der Waals surface area contributed by atoms with Crippen LogP contribution >= 0.6 is 11.3 Å². The fourth-order valence-electron chi connectivity index (χ4n) is 5.08. The van der Waals surface area contributed by atoms with Crippen LogP contribution in [0.15, 0.2) is 89.6 Å². The molecule has 4 aromatic rings. The van der Waals surface area contributed by atoms with Gasteiger partial charge in [-0.2, -0.15) is 11.3 Å². The van der Waals surface area contributed by atoms with Gasteiger partial charge < -0.3 is 24.4 Å². The summed E-state index contributed by atoms with van der Waals surface area (Å²) in [6, 6.07) is 26.5. The SMILES string of the molecule is O=C(COc1ccc(-c2ccsc2)cc1CN1CCN(c2ccccc2)CC1)NCC1COc2ccccc2O1. The fourth-order valence-corrected chi connectivity index (χ4v) is 5.75. The van der Waals surface area contributed by atoms with Crippen LogP contribution in [0, 0.1) is 0 Å². The van der Waals surface area contributed by atoms with Crippen molar-refractivity contribution in [2.24, 2.45) is 0 Å². The van der Waals surface area contributed by atoms with Crippen LogP contribution in [-0.4, -0.2) is 62.8 Å². The van der Waals surface area contributed by atoms with Gasteiger partial charge in [-0.1, -0.05) is 36.4 Å². The van der Waals surface area contributed by atoms with Crippen LogP contribution in [0.1, 0.15) is 5.56 Å². The van der Waals surface area contributed by atoms with Crippen molar-refractivity contribution < 1.29 is 19.0 Å². The molecule has 0 bridgehead atoms. The van der Waals surface area contributed by atoms with E-state index >= 15 is 0 Å². The van der Waals surface area contributed by atoms with Crippen LogP contribution in [-0.2, 0) is 11.3 Å². The number of fused-ring (bicyclic) bond motifs is 1. The molecule has 2 aliphatic heterocycles. The monoisotopic (exact) mass is 555 g/mol. The zero-order valence-electron chi connectivity index (χ0n) is 22.3. The molecule has 1 amide bonds. The molecular formula is C32H33N3O4S. The van der Waals surface area contributed by atoms with Crippen LogP contribution in [0.2, 0.25) is 0 Å². The number of piperazine rings is 1. The Hall–Kier alpha value is -4.01. The van der Waals surface area contributed by atoms with E-state index in [0.717, 1.165) is 55.3 Å². The molecule has 206 valence electrons. The summed E-state index contributed by atoms with van der Waals surface area (Å²) in [6.07, 6.45) is -0.242. The lowest BCUT2D eigenvalue weighted by atomic mass is 10.0. The van der Waals surface area contributed by atoms with E-state index < -0.39 is 0 Å². The molecule has 3 heterocycles. The Bertz CT molecular complexity index is 1400. The Kier molecular flexibility index (Phi) is 8.16. The minimum atomic E-state index is -0.242. The highest BCUT2D eigenvalue weighted by Crippen LogP contribution is 2.31. The van der Waals surface area contributed by atoms with Gasteiger partial charge in [-0.05, 0) is 64.4 Å². The molecule has 3 aromatic carbocycles. The molecule has 1 saturated heterocycles. The first-order valence-corrected chi connectivity index (χ1v) is 14.6. The summed E-state index contributed by atoms with van der Waals surface area (Å²) in [5, 5.41) is 7.17. The second-order valence-electron chi connectivity index (χ2n) is 10.0. The number of thiophene rings is 1. The lowest BCUT2D eigenvalue weighted by Crippen LogP contribution is -2.46. The number of ether oxygens (including phenoxy) is 3. The number of amides is 1. The van der Waals surface area contributed by atoms with E-state index in [-0.39, 0.29) is 18.6 Å². The maximum atomic E-state index is 12.7. The molecule has 7 nitrogen and oxygen atoms in total. The topological polar surface area (TPSA) is 63.3 Å². The van der Waals surface area contributed by atoms with Gasteiger partial charge in [-0.3, -0.25) is 9.69 Å². The molecule has 0 saturated carbocycles. The molecular weight excluding hydrogens is 522 g/mol. The van der Waals surface area contributed by atoms with Crippen molar-refractivity contribution in [3.8, 4) is 28.4 Å². The van der Waals surface area contributed by atoms with Crippen LogP contribution < -0.4 is 24.4 Å². The quantitative estimate of drug-likeness (QED) is 0.311. The van der Waals surface area contributed by atoms with Gasteiger partial charge in [0.1, 0.15) is 18.5 Å². The van der Waals surface area contributed by atoms with E-state index in [4.69, 9.17) is 14.2 Å². The molecule has 2 aliphatic rings. The normalized spacial score (nSPS) is 16.9. The first kappa shape index (κ1) is 26.2. The van der Waals surface area contributed by atoms with E-state index in [0.29, 0.717) is 18.9 Å². The molecule has 1 aromatic heterocycles. The number of hydrogen-bond acceptors (Lipinski definition) is 7. The van der Waals surface area contributed by atoms with Crippen LogP contribution in [0.4, 0.5) is 5.69 Å². The van der Waals surface area contributed by atoms with E-state index in [1.165, 1.54) is 11.3 Å². The Labute approximate surface area is 238 Å². The molecule has 1 N–H and O–H groups in total. The van der Waals surface area contributed by atoms with Gasteiger partial charge in [0.05, 0.1) is 6.54 Å². The summed E-state index contributed by atoms with van der Waals surface area (Å²) in [5.41, 5.74) is 4.71. The number of carbonyl (C=O) groups excluding carboxylic acids is 1. The summed E-state index contributed by atoms with van der Waals surface area (Å²) in [5.74, 6) is 1.98. The average molecular weight is 556 g/mol. The number of nitrogens with zero attached hydrogens (tertiary/aromatic N) is 2. The minimum Gasteiger partial charge on any atom is -0.486 e. The van der Waals surface area contributed by atoms with Crippen molar-refractivity contribution in [2.45, 2.75) is 12.6 Å². The standard InChI is InChI=1S/C32H33N3O4S/c36-32(33-19-28-21-37-30-8-4-5-9-31(30)39-28)22-38-29-11-10-24(25-12-17-40-23-25)18-26(29)20-34-13-15-35(16-14-34)27-6-2-1-3-7-27/h1-12,17-18,23,28H,13-16,19-22H2,(H,33,36). The van der Waals surface area contributed by atoms with Crippen molar-refractivity contribution in [1.82, 2.24) is 10.2 Å². The van der Waals surface area contributed by atoms with Crippen molar-refractivity contribution in [3.63, 3.8) is 0 Å². The Morgan fingerprint density at radius 3 is 2.52 bits per heavy atom. The molecule has 6 rings (SSSR count). The molecule has 1 fully saturated rings. The van der Waals surface area contributed by atoms with Crippen LogP contribution in [0.5, 0.6) is 17.2 Å². The van der Waals surface area contributed by atoms with Gasteiger partial charge in [0.2, 0.25) is 0 Å². The third-order valence-corrected chi connectivity index (χ3v) is 7.94. The number of nitrogens with one attached hydrogen (secondary N) is 1. The molecule has 0 spiro atoms. The largest absolute Gasteiger partial charge is 0.486 e. The summed E-state index contributed by atoms with van der Waals surface area (Å²) in [6.45, 7) is 5.33. The predicted octanol–water partition coefficient (Wildman–Crippen LogP) is 5.07. The maximum Gasteiger partial charge on any atom is 0.258 e. The molecule has 0 radical (unpaired) electrons. The summed E-state index contributed by atoms with van der Waals surface area (Å²) < 4.78 is 17.8. The van der Waals surface area contributed by atoms with Crippen LogP contribution in [0.3, 0.4) is 0 Å². The number of rotatable bonds is 9. The van der Waals surface area contributed by atoms with Crippen LogP contribution in [0.25, 0.3) is 11.1 Å². The summed E-state index contributed by atoms with van der Waals surface area (Å²) >= 11 is 1.69.